The van der Waals surface area contributed by atoms with Gasteiger partial charge < -0.3 is 9.47 Å². The zero-order chi connectivity index (χ0) is 13.2. The summed E-state index contributed by atoms with van der Waals surface area (Å²) in [5, 5.41) is -0.894. The molecular weight excluding hydrogens is 271 g/mol. The summed E-state index contributed by atoms with van der Waals surface area (Å²) in [7, 11) is 0. The van der Waals surface area contributed by atoms with Gasteiger partial charge in [0.1, 0.15) is 6.10 Å². The molecule has 2 unspecified atom stereocenters. The summed E-state index contributed by atoms with van der Waals surface area (Å²) in [6.45, 7) is 1.16. The largest absolute Gasteiger partial charge is 0.443 e. The van der Waals surface area contributed by atoms with Crippen molar-refractivity contribution in [2.24, 2.45) is 5.84 Å². The van der Waals surface area contributed by atoms with Crippen molar-refractivity contribution in [2.75, 3.05) is 19.8 Å². The molecule has 1 aliphatic heterocycles. The maximum Gasteiger partial charge on any atom is 0.443 e. The van der Waals surface area contributed by atoms with Crippen molar-refractivity contribution in [1.29, 1.82) is 0 Å². The molecule has 2 atom stereocenters. The van der Waals surface area contributed by atoms with E-state index in [1.807, 2.05) is 0 Å². The molecule has 1 saturated heterocycles. The minimum absolute atomic E-state index is 0.286. The summed E-state index contributed by atoms with van der Waals surface area (Å²) < 4.78 is 48.0. The van der Waals surface area contributed by atoms with Crippen LogP contribution < -0.4 is 11.3 Å². The van der Waals surface area contributed by atoms with Gasteiger partial charge in [-0.2, -0.15) is 13.2 Å². The van der Waals surface area contributed by atoms with E-state index >= 15 is 0 Å². The first kappa shape index (κ1) is 13.7. The fraction of sp³-hybridized carbons (Fsp3) is 0.667. The lowest BCUT2D eigenvalue weighted by Crippen LogP contribution is -2.42. The van der Waals surface area contributed by atoms with Crippen molar-refractivity contribution >= 4 is 11.3 Å². The molecule has 0 spiro atoms. The summed E-state index contributed by atoms with van der Waals surface area (Å²) in [4.78, 5) is 3.73. The molecule has 3 N–H and O–H groups in total. The van der Waals surface area contributed by atoms with E-state index in [1.165, 1.54) is 0 Å². The molecule has 1 fully saturated rings. The molecule has 2 rings (SSSR count). The van der Waals surface area contributed by atoms with E-state index in [0.717, 1.165) is 6.20 Å². The highest BCUT2D eigenvalue weighted by atomic mass is 32.1. The predicted molar refractivity (Wildman–Crippen MR) is 57.7 cm³/mol. The molecule has 0 saturated carbocycles. The number of alkyl halides is 3. The number of rotatable bonds is 3. The fourth-order valence-electron chi connectivity index (χ4n) is 1.63. The zero-order valence-electron chi connectivity index (χ0n) is 9.24. The Bertz CT molecular complexity index is 393. The third kappa shape index (κ3) is 2.98. The smallest absolute Gasteiger partial charge is 0.376 e. The maximum atomic E-state index is 12.5. The Morgan fingerprint density at radius 2 is 2.28 bits per heavy atom. The maximum absolute atomic E-state index is 12.5. The van der Waals surface area contributed by atoms with Gasteiger partial charge >= 0.3 is 6.18 Å². The molecule has 102 valence electrons. The normalized spacial score (nSPS) is 23.0. The van der Waals surface area contributed by atoms with E-state index in [9.17, 15) is 13.2 Å². The minimum Gasteiger partial charge on any atom is -0.376 e. The predicted octanol–water partition coefficient (Wildman–Crippen LogP) is 1.08. The molecule has 2 heterocycles. The van der Waals surface area contributed by atoms with Gasteiger partial charge in [-0.1, -0.05) is 0 Å². The van der Waals surface area contributed by atoms with Crippen LogP contribution in [0, 0.1) is 0 Å². The van der Waals surface area contributed by atoms with E-state index in [1.54, 1.807) is 0 Å². The van der Waals surface area contributed by atoms with E-state index in [0.29, 0.717) is 29.4 Å². The topological polar surface area (TPSA) is 69.4 Å². The third-order valence-electron chi connectivity index (χ3n) is 2.47. The second-order valence-electron chi connectivity index (χ2n) is 3.69. The summed E-state index contributed by atoms with van der Waals surface area (Å²) in [5.41, 5.74) is 2.45. The molecule has 0 bridgehead atoms. The second-order valence-corrected chi connectivity index (χ2v) is 4.76. The lowest BCUT2D eigenvalue weighted by molar-refractivity contribution is -0.137. The number of nitrogens with one attached hydrogen (secondary N) is 1. The van der Waals surface area contributed by atoms with Crippen LogP contribution in [0.25, 0.3) is 0 Å². The Hall–Kier alpha value is -0.740. The molecular formula is C9H12F3N3O2S. The highest BCUT2D eigenvalue weighted by Gasteiger charge is 2.36. The van der Waals surface area contributed by atoms with Crippen LogP contribution in [-0.4, -0.2) is 30.9 Å². The summed E-state index contributed by atoms with van der Waals surface area (Å²) in [6, 6.07) is -0.557. The first-order valence-electron chi connectivity index (χ1n) is 5.21. The Morgan fingerprint density at radius 1 is 1.50 bits per heavy atom. The molecule has 0 amide bonds. The quantitative estimate of drug-likeness (QED) is 0.642. The lowest BCUT2D eigenvalue weighted by Gasteiger charge is -2.29. The van der Waals surface area contributed by atoms with Crippen LogP contribution >= 0.6 is 11.3 Å². The fourth-order valence-corrected chi connectivity index (χ4v) is 2.53. The van der Waals surface area contributed by atoms with E-state index in [2.05, 4.69) is 10.4 Å². The molecule has 0 aliphatic carbocycles. The summed E-state index contributed by atoms with van der Waals surface area (Å²) >= 11 is 0.552. The molecule has 9 heteroatoms. The Balaban J connectivity index is 2.14. The Morgan fingerprint density at radius 3 is 2.78 bits per heavy atom. The zero-order valence-corrected chi connectivity index (χ0v) is 10.1. The number of nitrogens with two attached hydrogens (primary N) is 1. The molecule has 18 heavy (non-hydrogen) atoms. The molecule has 5 nitrogen and oxygen atoms in total. The van der Waals surface area contributed by atoms with Crippen LogP contribution in [0.5, 0.6) is 0 Å². The van der Waals surface area contributed by atoms with Gasteiger partial charge in [-0.3, -0.25) is 5.84 Å². The number of hydrogen-bond acceptors (Lipinski definition) is 6. The summed E-state index contributed by atoms with van der Waals surface area (Å²) in [5.74, 6) is 5.37. The number of halogens is 3. The van der Waals surface area contributed by atoms with Gasteiger partial charge in [0.2, 0.25) is 0 Å². The van der Waals surface area contributed by atoms with Crippen LogP contribution in [0.2, 0.25) is 0 Å². The SMILES string of the molecule is NNC(c1cnc(C(F)(F)F)s1)C1COCCO1. The van der Waals surface area contributed by atoms with Crippen molar-refractivity contribution in [3.8, 4) is 0 Å². The number of thiazole rings is 1. The van der Waals surface area contributed by atoms with Gasteiger partial charge in [0.15, 0.2) is 5.01 Å². The van der Waals surface area contributed by atoms with Crippen LogP contribution in [0.4, 0.5) is 13.2 Å². The van der Waals surface area contributed by atoms with Crippen molar-refractivity contribution in [3.63, 3.8) is 0 Å². The molecule has 1 aliphatic rings. The molecule has 1 aromatic rings. The average Bonchev–Trinajstić information content (AvgIpc) is 2.81. The Labute approximate surface area is 105 Å². The van der Waals surface area contributed by atoms with Gasteiger partial charge in [-0.05, 0) is 0 Å². The van der Waals surface area contributed by atoms with E-state index < -0.39 is 23.3 Å². The van der Waals surface area contributed by atoms with Crippen molar-refractivity contribution in [2.45, 2.75) is 18.3 Å². The third-order valence-corrected chi connectivity index (χ3v) is 3.59. The monoisotopic (exact) mass is 283 g/mol. The van der Waals surface area contributed by atoms with Crippen molar-refractivity contribution < 1.29 is 22.6 Å². The van der Waals surface area contributed by atoms with Crippen molar-refractivity contribution in [3.05, 3.63) is 16.1 Å². The van der Waals surface area contributed by atoms with Crippen LogP contribution in [0.15, 0.2) is 6.20 Å². The molecule has 1 aromatic heterocycles. The van der Waals surface area contributed by atoms with Crippen LogP contribution in [0.1, 0.15) is 15.9 Å². The summed E-state index contributed by atoms with van der Waals surface area (Å²) in [6.07, 6.45) is -3.69. The van der Waals surface area contributed by atoms with Crippen LogP contribution in [0.3, 0.4) is 0 Å². The van der Waals surface area contributed by atoms with E-state index in [4.69, 9.17) is 15.3 Å². The van der Waals surface area contributed by atoms with Gasteiger partial charge in [0, 0.05) is 11.1 Å². The highest BCUT2D eigenvalue weighted by Crippen LogP contribution is 2.35. The minimum atomic E-state index is -4.44. The molecule has 0 aromatic carbocycles. The van der Waals surface area contributed by atoms with Gasteiger partial charge in [0.25, 0.3) is 0 Å². The van der Waals surface area contributed by atoms with Crippen LogP contribution in [-0.2, 0) is 15.7 Å². The first-order valence-corrected chi connectivity index (χ1v) is 6.02. The van der Waals surface area contributed by atoms with Gasteiger partial charge in [-0.15, -0.1) is 11.3 Å². The highest BCUT2D eigenvalue weighted by molar-refractivity contribution is 7.11. The standard InChI is InChI=1S/C9H12F3N3O2S/c10-9(11,12)8-14-3-6(18-8)7(15-13)5-4-16-1-2-17-5/h3,5,7,15H,1-2,4,13H2. The van der Waals surface area contributed by atoms with Gasteiger partial charge in [0.05, 0.1) is 25.9 Å². The number of nitrogens with zero attached hydrogens (tertiary/aromatic N) is 1. The Kier molecular flexibility index (Phi) is 4.17. The number of ether oxygens (including phenoxy) is 2. The molecule has 0 radical (unpaired) electrons. The van der Waals surface area contributed by atoms with E-state index in [-0.39, 0.29) is 6.61 Å². The first-order chi connectivity index (χ1) is 8.52. The number of aromatic nitrogens is 1. The number of hydrogen-bond donors (Lipinski definition) is 2. The average molecular weight is 283 g/mol. The number of hydrazine groups is 1. The lowest BCUT2D eigenvalue weighted by atomic mass is 10.1. The van der Waals surface area contributed by atoms with Gasteiger partial charge in [-0.25, -0.2) is 10.4 Å². The second kappa shape index (κ2) is 5.49. The van der Waals surface area contributed by atoms with Crippen molar-refractivity contribution in [1.82, 2.24) is 10.4 Å².